The minimum absolute atomic E-state index is 0.00607. The molecular formula is C19H22N2O3S. The second-order valence-electron chi connectivity index (χ2n) is 5.63. The zero-order chi connectivity index (χ0) is 18.1. The fourth-order valence-corrected chi connectivity index (χ4v) is 2.87. The van der Waals surface area contributed by atoms with Crippen molar-refractivity contribution in [1.29, 1.82) is 0 Å². The molecule has 1 aromatic heterocycles. The number of nitrogens with one attached hydrogen (secondary N) is 1. The van der Waals surface area contributed by atoms with Gasteiger partial charge in [0.15, 0.2) is 6.61 Å². The summed E-state index contributed by atoms with van der Waals surface area (Å²) in [6.07, 6.45) is 5.15. The third-order valence-electron chi connectivity index (χ3n) is 3.64. The molecule has 1 aromatic carbocycles. The first-order chi connectivity index (χ1) is 12.1. The van der Waals surface area contributed by atoms with E-state index in [4.69, 9.17) is 4.74 Å². The van der Waals surface area contributed by atoms with E-state index in [2.05, 4.69) is 22.4 Å². The minimum atomic E-state index is -0.537. The molecule has 0 spiro atoms. The van der Waals surface area contributed by atoms with Gasteiger partial charge in [-0.1, -0.05) is 30.3 Å². The molecule has 0 aliphatic rings. The maximum Gasteiger partial charge on any atom is 0.341 e. The average Bonchev–Trinajstić information content (AvgIpc) is 2.65. The molecule has 0 bridgehead atoms. The van der Waals surface area contributed by atoms with Gasteiger partial charge in [0.2, 0.25) is 0 Å². The summed E-state index contributed by atoms with van der Waals surface area (Å²) in [4.78, 5) is 28.1. The number of pyridine rings is 1. The van der Waals surface area contributed by atoms with E-state index < -0.39 is 5.97 Å². The number of ether oxygens (including phenoxy) is 1. The molecule has 6 heteroatoms. The van der Waals surface area contributed by atoms with Crippen LogP contribution in [0.1, 0.15) is 29.3 Å². The van der Waals surface area contributed by atoms with Crippen molar-refractivity contribution in [1.82, 2.24) is 10.3 Å². The number of rotatable bonds is 8. The molecule has 2 rings (SSSR count). The standard InChI is InChI=1S/C19H22N2O3S/c1-14(10-11-15-7-4-3-5-8-15)21-17(22)13-24-19(23)16-9-6-12-20-18(16)25-2/h3-9,12,14H,10-11,13H2,1-2H3,(H,21,22)/t14-/m0/s1. The lowest BCUT2D eigenvalue weighted by molar-refractivity contribution is -0.124. The molecule has 0 saturated carbocycles. The molecule has 0 unspecified atom stereocenters. The second kappa shape index (κ2) is 9.84. The van der Waals surface area contributed by atoms with Gasteiger partial charge in [-0.2, -0.15) is 0 Å². The van der Waals surface area contributed by atoms with Gasteiger partial charge in [-0.05, 0) is 43.7 Å². The molecule has 1 atom stereocenters. The Hall–Kier alpha value is -2.34. The second-order valence-corrected chi connectivity index (χ2v) is 6.42. The number of esters is 1. The van der Waals surface area contributed by atoms with E-state index in [1.54, 1.807) is 18.3 Å². The van der Waals surface area contributed by atoms with Gasteiger partial charge in [-0.15, -0.1) is 11.8 Å². The summed E-state index contributed by atoms with van der Waals surface area (Å²) >= 11 is 1.36. The Labute approximate surface area is 152 Å². The van der Waals surface area contributed by atoms with Crippen LogP contribution in [0.4, 0.5) is 0 Å². The molecule has 132 valence electrons. The summed E-state index contributed by atoms with van der Waals surface area (Å²) in [5.41, 5.74) is 1.61. The summed E-state index contributed by atoms with van der Waals surface area (Å²) in [6.45, 7) is 1.65. The number of carbonyl (C=O) groups is 2. The number of thioether (sulfide) groups is 1. The van der Waals surface area contributed by atoms with Crippen molar-refractivity contribution in [2.24, 2.45) is 0 Å². The van der Waals surface area contributed by atoms with E-state index in [1.807, 2.05) is 31.4 Å². The first-order valence-corrected chi connectivity index (χ1v) is 9.32. The predicted octanol–water partition coefficient (Wildman–Crippen LogP) is 3.10. The Kier molecular flexibility index (Phi) is 7.47. The average molecular weight is 358 g/mol. The molecule has 25 heavy (non-hydrogen) atoms. The minimum Gasteiger partial charge on any atom is -0.452 e. The van der Waals surface area contributed by atoms with Crippen LogP contribution in [-0.4, -0.2) is 35.8 Å². The summed E-state index contributed by atoms with van der Waals surface area (Å²) in [5.74, 6) is -0.840. The maximum absolute atomic E-state index is 12.1. The lowest BCUT2D eigenvalue weighted by Crippen LogP contribution is -2.36. The van der Waals surface area contributed by atoms with E-state index in [1.165, 1.54) is 17.3 Å². The predicted molar refractivity (Wildman–Crippen MR) is 98.7 cm³/mol. The van der Waals surface area contributed by atoms with E-state index in [0.29, 0.717) is 10.6 Å². The van der Waals surface area contributed by atoms with Gasteiger partial charge < -0.3 is 10.1 Å². The van der Waals surface area contributed by atoms with Crippen LogP contribution in [0.5, 0.6) is 0 Å². The van der Waals surface area contributed by atoms with Crippen LogP contribution in [0, 0.1) is 0 Å². The quantitative estimate of drug-likeness (QED) is 0.580. The summed E-state index contributed by atoms with van der Waals surface area (Å²) in [7, 11) is 0. The highest BCUT2D eigenvalue weighted by atomic mass is 32.2. The van der Waals surface area contributed by atoms with Crippen molar-refractivity contribution in [3.8, 4) is 0 Å². The Balaban J connectivity index is 1.75. The first kappa shape index (κ1) is 19.0. The maximum atomic E-state index is 12.1. The molecule has 2 aromatic rings. The number of nitrogens with zero attached hydrogens (tertiary/aromatic N) is 1. The van der Waals surface area contributed by atoms with E-state index in [0.717, 1.165) is 12.8 Å². The monoisotopic (exact) mass is 358 g/mol. The van der Waals surface area contributed by atoms with Gasteiger partial charge in [0, 0.05) is 12.2 Å². The number of amides is 1. The largest absolute Gasteiger partial charge is 0.452 e. The van der Waals surface area contributed by atoms with Crippen molar-refractivity contribution < 1.29 is 14.3 Å². The lowest BCUT2D eigenvalue weighted by Gasteiger charge is -2.14. The number of aromatic nitrogens is 1. The summed E-state index contributed by atoms with van der Waals surface area (Å²) in [5, 5.41) is 3.44. The molecule has 0 aliphatic heterocycles. The normalized spacial score (nSPS) is 11.6. The van der Waals surface area contributed by atoms with Crippen LogP contribution in [0.25, 0.3) is 0 Å². The Bertz CT molecular complexity index is 707. The van der Waals surface area contributed by atoms with Crippen molar-refractivity contribution in [3.05, 3.63) is 59.8 Å². The number of aryl methyl sites for hydroxylation is 1. The smallest absolute Gasteiger partial charge is 0.341 e. The number of benzene rings is 1. The summed E-state index contributed by atoms with van der Waals surface area (Å²) < 4.78 is 5.09. The van der Waals surface area contributed by atoms with Crippen LogP contribution in [0.2, 0.25) is 0 Å². The summed E-state index contributed by atoms with van der Waals surface area (Å²) in [6, 6.07) is 13.4. The van der Waals surface area contributed by atoms with Gasteiger partial charge in [0.05, 0.1) is 5.56 Å². The number of carbonyl (C=O) groups excluding carboxylic acids is 2. The van der Waals surface area contributed by atoms with Crippen molar-refractivity contribution in [2.45, 2.75) is 30.8 Å². The highest BCUT2D eigenvalue weighted by molar-refractivity contribution is 7.98. The third-order valence-corrected chi connectivity index (χ3v) is 4.35. The Morgan fingerprint density at radius 1 is 1.20 bits per heavy atom. The van der Waals surface area contributed by atoms with E-state index in [9.17, 15) is 9.59 Å². The highest BCUT2D eigenvalue weighted by Crippen LogP contribution is 2.17. The van der Waals surface area contributed by atoms with Gasteiger partial charge in [0.25, 0.3) is 5.91 Å². The van der Waals surface area contributed by atoms with Crippen molar-refractivity contribution in [3.63, 3.8) is 0 Å². The number of hydrogen-bond donors (Lipinski definition) is 1. The highest BCUT2D eigenvalue weighted by Gasteiger charge is 2.15. The molecule has 0 saturated heterocycles. The number of hydrogen-bond acceptors (Lipinski definition) is 5. The molecule has 1 N–H and O–H groups in total. The van der Waals surface area contributed by atoms with Gasteiger partial charge in [0.1, 0.15) is 5.03 Å². The molecule has 5 nitrogen and oxygen atoms in total. The van der Waals surface area contributed by atoms with Crippen LogP contribution >= 0.6 is 11.8 Å². The topological polar surface area (TPSA) is 68.3 Å². The molecule has 1 amide bonds. The zero-order valence-corrected chi connectivity index (χ0v) is 15.2. The first-order valence-electron chi connectivity index (χ1n) is 8.09. The Morgan fingerprint density at radius 2 is 1.96 bits per heavy atom. The van der Waals surface area contributed by atoms with E-state index in [-0.39, 0.29) is 18.6 Å². The van der Waals surface area contributed by atoms with Crippen molar-refractivity contribution >= 4 is 23.6 Å². The fraction of sp³-hybridized carbons (Fsp3) is 0.316. The van der Waals surface area contributed by atoms with Crippen LogP contribution in [0.15, 0.2) is 53.7 Å². The third kappa shape index (κ3) is 6.23. The SMILES string of the molecule is CSc1ncccc1C(=O)OCC(=O)N[C@@H](C)CCc1ccccc1. The van der Waals surface area contributed by atoms with Gasteiger partial charge >= 0.3 is 5.97 Å². The van der Waals surface area contributed by atoms with E-state index >= 15 is 0 Å². The lowest BCUT2D eigenvalue weighted by atomic mass is 10.1. The van der Waals surface area contributed by atoms with Gasteiger partial charge in [-0.3, -0.25) is 4.79 Å². The fourth-order valence-electron chi connectivity index (χ4n) is 2.33. The molecule has 1 heterocycles. The molecule has 0 fully saturated rings. The molecular weight excluding hydrogens is 336 g/mol. The van der Waals surface area contributed by atoms with Gasteiger partial charge in [-0.25, -0.2) is 9.78 Å². The Morgan fingerprint density at radius 3 is 2.68 bits per heavy atom. The zero-order valence-electron chi connectivity index (χ0n) is 14.4. The van der Waals surface area contributed by atoms with Crippen LogP contribution < -0.4 is 5.32 Å². The van der Waals surface area contributed by atoms with Crippen LogP contribution in [-0.2, 0) is 16.0 Å². The molecule has 0 radical (unpaired) electrons. The molecule has 0 aliphatic carbocycles. The van der Waals surface area contributed by atoms with Crippen molar-refractivity contribution in [2.75, 3.05) is 12.9 Å². The van der Waals surface area contributed by atoms with Crippen LogP contribution in [0.3, 0.4) is 0 Å².